The summed E-state index contributed by atoms with van der Waals surface area (Å²) in [6.45, 7) is 17.2. The van der Waals surface area contributed by atoms with Crippen LogP contribution in [0.2, 0.25) is 0 Å². The first-order valence-corrected chi connectivity index (χ1v) is 13.2. The Bertz CT molecular complexity index is 234. The molecule has 0 bridgehead atoms. The van der Waals surface area contributed by atoms with E-state index in [1.165, 1.54) is 133 Å². The van der Waals surface area contributed by atoms with Crippen LogP contribution in [-0.2, 0) is 4.74 Å². The van der Waals surface area contributed by atoms with Gasteiger partial charge in [0, 0.05) is 0 Å². The van der Waals surface area contributed by atoms with Gasteiger partial charge in [-0.1, -0.05) is 79.1 Å². The Morgan fingerprint density at radius 3 is 0.857 bits per heavy atom. The Morgan fingerprint density at radius 2 is 0.679 bits per heavy atom. The highest BCUT2D eigenvalue weighted by molar-refractivity contribution is 4.53. The third kappa shape index (κ3) is 19.2. The quantitative estimate of drug-likeness (QED) is 0.114. The van der Waals surface area contributed by atoms with E-state index < -0.39 is 0 Å². The highest BCUT2D eigenvalue weighted by Crippen LogP contribution is 2.19. The number of unbranched alkanes of at least 4 members (excludes halogenated alkanes) is 12. The van der Waals surface area contributed by atoms with E-state index in [1.807, 2.05) is 0 Å². The maximum Gasteiger partial charge on any atom is 0.0786 e. The topological polar surface area (TPSA) is 12.5 Å². The molecule has 0 N–H and O–H groups in total. The molecule has 2 nitrogen and oxygen atoms in total. The minimum atomic E-state index is 1.00. The van der Waals surface area contributed by atoms with Gasteiger partial charge in [-0.2, -0.15) is 0 Å². The summed E-state index contributed by atoms with van der Waals surface area (Å²) in [6.07, 6.45) is 22.8. The molecule has 170 valence electrons. The van der Waals surface area contributed by atoms with Crippen molar-refractivity contribution in [3.63, 3.8) is 0 Å². The molecule has 1 aliphatic rings. The second kappa shape index (κ2) is 21.6. The number of rotatable bonds is 20. The summed E-state index contributed by atoms with van der Waals surface area (Å²) in [5.74, 6) is 0. The molecule has 1 aliphatic heterocycles. The number of epoxide rings is 1. The molecule has 0 aromatic rings. The summed E-state index contributed by atoms with van der Waals surface area (Å²) in [5.41, 5.74) is 0. The molecule has 0 spiro atoms. The van der Waals surface area contributed by atoms with Gasteiger partial charge in [0.1, 0.15) is 0 Å². The van der Waals surface area contributed by atoms with Crippen LogP contribution in [0.15, 0.2) is 0 Å². The lowest BCUT2D eigenvalue weighted by atomic mass is 10.1. The number of nitrogens with zero attached hydrogens (tertiary/aromatic N) is 1. The maximum absolute atomic E-state index is 4.50. The van der Waals surface area contributed by atoms with Crippen LogP contribution in [-0.4, -0.2) is 43.9 Å². The van der Waals surface area contributed by atoms with E-state index in [1.54, 1.807) is 0 Å². The predicted molar refractivity (Wildman–Crippen MR) is 127 cm³/mol. The van der Waals surface area contributed by atoms with Crippen LogP contribution in [0.5, 0.6) is 0 Å². The zero-order chi connectivity index (χ0) is 20.8. The molecule has 0 unspecified atom stereocenters. The van der Waals surface area contributed by atoms with Gasteiger partial charge in [0.05, 0.1) is 39.4 Å². The predicted octanol–water partition coefficient (Wildman–Crippen LogP) is 8.14. The van der Waals surface area contributed by atoms with Gasteiger partial charge in [0.2, 0.25) is 0 Å². The van der Waals surface area contributed by atoms with Crippen molar-refractivity contribution in [1.29, 1.82) is 0 Å². The summed E-state index contributed by atoms with van der Waals surface area (Å²) in [7, 11) is 0. The fraction of sp³-hybridized carbons (Fsp3) is 1.00. The van der Waals surface area contributed by atoms with E-state index in [4.69, 9.17) is 0 Å². The summed E-state index contributed by atoms with van der Waals surface area (Å²) >= 11 is 0. The largest absolute Gasteiger partial charge is 0.377 e. The van der Waals surface area contributed by atoms with Gasteiger partial charge in [-0.15, -0.1) is 0 Å². The molecule has 0 amide bonds. The standard InChI is InChI=1S/C24H52N.C2H4O/c1-5-9-13-17-21-25(22-18-14-10-6-2,23-19-15-11-7-3)24-20-16-12-8-4;1-2-3-1/h5-24H2,1-4H3;1-2H2/q+1;. The molecular formula is C26H56NO+. The van der Waals surface area contributed by atoms with Crippen molar-refractivity contribution in [1.82, 2.24) is 0 Å². The minimum Gasteiger partial charge on any atom is -0.377 e. The number of hydrogen-bond donors (Lipinski definition) is 0. The SMILES string of the molecule is C1CO1.CCCCCC[N+](CCCCCC)(CCCCCC)CCCCCC. The summed E-state index contributed by atoms with van der Waals surface area (Å²) in [4.78, 5) is 0. The zero-order valence-electron chi connectivity index (χ0n) is 20.4. The molecule has 0 radical (unpaired) electrons. The van der Waals surface area contributed by atoms with Crippen molar-refractivity contribution in [2.24, 2.45) is 0 Å². The molecule has 2 heteroatoms. The molecular weight excluding hydrogens is 342 g/mol. The minimum absolute atomic E-state index is 1.00. The lowest BCUT2D eigenvalue weighted by Crippen LogP contribution is -2.50. The Hall–Kier alpha value is -0.0800. The summed E-state index contributed by atoms with van der Waals surface area (Å²) < 4.78 is 5.96. The van der Waals surface area contributed by atoms with E-state index in [0.29, 0.717) is 0 Å². The monoisotopic (exact) mass is 398 g/mol. The van der Waals surface area contributed by atoms with Crippen LogP contribution in [0.1, 0.15) is 130 Å². The van der Waals surface area contributed by atoms with E-state index in [-0.39, 0.29) is 0 Å². The maximum atomic E-state index is 4.50. The van der Waals surface area contributed by atoms with Crippen molar-refractivity contribution in [2.75, 3.05) is 39.4 Å². The molecule has 1 fully saturated rings. The molecule has 0 aromatic carbocycles. The van der Waals surface area contributed by atoms with Crippen LogP contribution >= 0.6 is 0 Å². The van der Waals surface area contributed by atoms with Crippen LogP contribution in [0, 0.1) is 0 Å². The van der Waals surface area contributed by atoms with Gasteiger partial charge >= 0.3 is 0 Å². The number of ether oxygens (including phenoxy) is 1. The Kier molecular flexibility index (Phi) is 21.6. The van der Waals surface area contributed by atoms with E-state index in [0.717, 1.165) is 13.2 Å². The Labute approximate surface area is 179 Å². The van der Waals surface area contributed by atoms with Crippen LogP contribution in [0.4, 0.5) is 0 Å². The van der Waals surface area contributed by atoms with Crippen LogP contribution < -0.4 is 0 Å². The fourth-order valence-corrected chi connectivity index (χ4v) is 4.17. The smallest absolute Gasteiger partial charge is 0.0786 e. The highest BCUT2D eigenvalue weighted by Gasteiger charge is 2.25. The van der Waals surface area contributed by atoms with Crippen molar-refractivity contribution in [3.05, 3.63) is 0 Å². The average Bonchev–Trinajstić information content (AvgIpc) is 3.59. The summed E-state index contributed by atoms with van der Waals surface area (Å²) in [6, 6.07) is 0. The van der Waals surface area contributed by atoms with E-state index in [2.05, 4.69) is 32.4 Å². The third-order valence-electron chi connectivity index (χ3n) is 6.15. The van der Waals surface area contributed by atoms with Crippen molar-refractivity contribution >= 4 is 0 Å². The lowest BCUT2D eigenvalue weighted by Gasteiger charge is -2.39. The first kappa shape index (κ1) is 27.9. The molecule has 28 heavy (non-hydrogen) atoms. The fourth-order valence-electron chi connectivity index (χ4n) is 4.17. The molecule has 0 atom stereocenters. The Balaban J connectivity index is 0.00000219. The normalized spacial score (nSPS) is 13.3. The first-order valence-electron chi connectivity index (χ1n) is 13.2. The second-order valence-electron chi connectivity index (χ2n) is 9.09. The van der Waals surface area contributed by atoms with E-state index >= 15 is 0 Å². The number of hydrogen-bond acceptors (Lipinski definition) is 1. The average molecular weight is 399 g/mol. The van der Waals surface area contributed by atoms with Gasteiger partial charge in [-0.3, -0.25) is 0 Å². The van der Waals surface area contributed by atoms with Gasteiger partial charge in [0.25, 0.3) is 0 Å². The molecule has 1 rings (SSSR count). The zero-order valence-corrected chi connectivity index (χ0v) is 20.4. The van der Waals surface area contributed by atoms with Crippen LogP contribution in [0.3, 0.4) is 0 Å². The second-order valence-corrected chi connectivity index (χ2v) is 9.09. The molecule has 1 heterocycles. The number of quaternary nitrogens is 1. The molecule has 0 aliphatic carbocycles. The van der Waals surface area contributed by atoms with Crippen molar-refractivity contribution in [3.8, 4) is 0 Å². The molecule has 0 saturated carbocycles. The van der Waals surface area contributed by atoms with Crippen molar-refractivity contribution < 1.29 is 9.22 Å². The van der Waals surface area contributed by atoms with Gasteiger partial charge in [0.15, 0.2) is 0 Å². The highest BCUT2D eigenvalue weighted by atomic mass is 16.6. The first-order chi connectivity index (χ1) is 13.7. The van der Waals surface area contributed by atoms with Crippen molar-refractivity contribution in [2.45, 2.75) is 130 Å². The third-order valence-corrected chi connectivity index (χ3v) is 6.15. The molecule has 1 saturated heterocycles. The van der Waals surface area contributed by atoms with Gasteiger partial charge in [-0.05, 0) is 51.4 Å². The Morgan fingerprint density at radius 1 is 0.429 bits per heavy atom. The lowest BCUT2D eigenvalue weighted by molar-refractivity contribution is -0.929. The van der Waals surface area contributed by atoms with Crippen LogP contribution in [0.25, 0.3) is 0 Å². The van der Waals surface area contributed by atoms with Gasteiger partial charge < -0.3 is 9.22 Å². The molecule has 0 aromatic heterocycles. The summed E-state index contributed by atoms with van der Waals surface area (Å²) in [5, 5.41) is 0. The van der Waals surface area contributed by atoms with Gasteiger partial charge in [-0.25, -0.2) is 0 Å². The van der Waals surface area contributed by atoms with E-state index in [9.17, 15) is 0 Å².